The summed E-state index contributed by atoms with van der Waals surface area (Å²) in [7, 11) is 0. The van der Waals surface area contributed by atoms with Crippen molar-refractivity contribution in [2.45, 2.75) is 122 Å². The first-order valence-corrected chi connectivity index (χ1v) is 14.6. The van der Waals surface area contributed by atoms with E-state index in [0.717, 1.165) is 26.1 Å². The summed E-state index contributed by atoms with van der Waals surface area (Å²) in [6.45, 7) is 6.85. The van der Waals surface area contributed by atoms with Gasteiger partial charge in [0.15, 0.2) is 6.67 Å². The van der Waals surface area contributed by atoms with Crippen LogP contribution in [0.25, 0.3) is 0 Å². The molecule has 2 aliphatic heterocycles. The molecule has 176 valence electrons. The van der Waals surface area contributed by atoms with Gasteiger partial charge in [-0.2, -0.15) is 0 Å². The summed E-state index contributed by atoms with van der Waals surface area (Å²) in [6.07, 6.45) is 24.8. The van der Waals surface area contributed by atoms with E-state index in [4.69, 9.17) is 0 Å². The minimum Gasteiger partial charge on any atom is -0.297 e. The molecule has 2 saturated heterocycles. The molecule has 1 unspecified atom stereocenters. The van der Waals surface area contributed by atoms with E-state index in [1.165, 1.54) is 132 Å². The predicted molar refractivity (Wildman–Crippen MR) is 133 cm³/mol. The third kappa shape index (κ3) is 10.9. The number of quaternary nitrogens is 1. The highest BCUT2D eigenvalue weighted by Gasteiger charge is 2.36. The SMILES string of the molecule is CCCCCCCCCCCCCCCCCC[N+]1(CN2CCCC2=O)CCSC1. The van der Waals surface area contributed by atoms with E-state index >= 15 is 0 Å². The maximum atomic E-state index is 12.0. The molecule has 0 N–H and O–H groups in total. The van der Waals surface area contributed by atoms with Crippen LogP contribution in [0.4, 0.5) is 0 Å². The summed E-state index contributed by atoms with van der Waals surface area (Å²) in [6, 6.07) is 0. The number of nitrogens with zero attached hydrogens (tertiary/aromatic N) is 2. The lowest BCUT2D eigenvalue weighted by molar-refractivity contribution is -0.918. The zero-order chi connectivity index (χ0) is 21.3. The van der Waals surface area contributed by atoms with Gasteiger partial charge in [-0.25, -0.2) is 0 Å². The van der Waals surface area contributed by atoms with E-state index < -0.39 is 0 Å². The van der Waals surface area contributed by atoms with Crippen LogP contribution in [0.2, 0.25) is 0 Å². The van der Waals surface area contributed by atoms with Gasteiger partial charge in [0.25, 0.3) is 0 Å². The number of carbonyl (C=O) groups excluding carboxylic acids is 1. The smallest absolute Gasteiger partial charge is 0.226 e. The van der Waals surface area contributed by atoms with E-state index in [2.05, 4.69) is 23.6 Å². The third-order valence-corrected chi connectivity index (χ3v) is 8.40. The summed E-state index contributed by atoms with van der Waals surface area (Å²) in [5.74, 6) is 2.90. The van der Waals surface area contributed by atoms with E-state index in [-0.39, 0.29) is 0 Å². The van der Waals surface area contributed by atoms with Crippen molar-refractivity contribution in [1.82, 2.24) is 4.90 Å². The molecule has 0 aromatic heterocycles. The molecule has 0 saturated carbocycles. The highest BCUT2D eigenvalue weighted by atomic mass is 32.2. The molecule has 2 aliphatic rings. The first-order chi connectivity index (χ1) is 14.8. The Kier molecular flexibility index (Phi) is 14.2. The van der Waals surface area contributed by atoms with Crippen LogP contribution >= 0.6 is 11.8 Å². The van der Waals surface area contributed by atoms with Gasteiger partial charge in [-0.05, 0) is 19.3 Å². The number of carbonyl (C=O) groups is 1. The standard InChI is InChI=1S/C26H51N2OS/c1-2-3-4-5-6-7-8-9-10-11-12-13-14-15-16-17-21-28(22-23-30-25-28)24-27-20-18-19-26(27)29/h2-25H2,1H3/q+1. The van der Waals surface area contributed by atoms with E-state index in [1.54, 1.807) is 0 Å². The van der Waals surface area contributed by atoms with Crippen molar-refractivity contribution >= 4 is 17.7 Å². The fourth-order valence-electron chi connectivity index (χ4n) is 5.15. The second-order valence-corrected chi connectivity index (χ2v) is 11.1. The van der Waals surface area contributed by atoms with Gasteiger partial charge < -0.3 is 0 Å². The number of hydrogen-bond acceptors (Lipinski definition) is 2. The quantitative estimate of drug-likeness (QED) is 0.155. The Morgan fingerprint density at radius 3 is 1.77 bits per heavy atom. The Balaban J connectivity index is 1.37. The molecule has 2 rings (SSSR count). The normalized spacial score (nSPS) is 21.8. The van der Waals surface area contributed by atoms with Crippen molar-refractivity contribution in [2.75, 3.05) is 37.9 Å². The number of rotatable bonds is 19. The van der Waals surface area contributed by atoms with Crippen molar-refractivity contribution in [2.24, 2.45) is 0 Å². The summed E-state index contributed by atoms with van der Waals surface area (Å²) < 4.78 is 1.18. The maximum Gasteiger partial charge on any atom is 0.226 e. The highest BCUT2D eigenvalue weighted by molar-refractivity contribution is 7.99. The Morgan fingerprint density at radius 2 is 1.33 bits per heavy atom. The molecule has 4 heteroatoms. The average Bonchev–Trinajstić information content (AvgIpc) is 3.37. The first kappa shape index (κ1) is 26.0. The molecule has 2 fully saturated rings. The Morgan fingerprint density at radius 1 is 0.800 bits per heavy atom. The molecule has 2 heterocycles. The van der Waals surface area contributed by atoms with Crippen LogP contribution < -0.4 is 0 Å². The van der Waals surface area contributed by atoms with Crippen LogP contribution in [0.5, 0.6) is 0 Å². The molecular weight excluding hydrogens is 388 g/mol. The Hall–Kier alpha value is -0.220. The molecule has 1 amide bonds. The first-order valence-electron chi connectivity index (χ1n) is 13.5. The van der Waals surface area contributed by atoms with Gasteiger partial charge in [-0.3, -0.25) is 14.2 Å². The topological polar surface area (TPSA) is 20.3 Å². The Labute approximate surface area is 192 Å². The fraction of sp³-hybridized carbons (Fsp3) is 0.962. The minimum absolute atomic E-state index is 0.399. The van der Waals surface area contributed by atoms with Crippen molar-refractivity contribution in [1.29, 1.82) is 0 Å². The fourth-order valence-corrected chi connectivity index (χ4v) is 6.52. The molecule has 1 atom stereocenters. The zero-order valence-corrected chi connectivity index (χ0v) is 21.0. The van der Waals surface area contributed by atoms with E-state index in [0.29, 0.717) is 5.91 Å². The van der Waals surface area contributed by atoms with Crippen molar-refractivity contribution in [3.63, 3.8) is 0 Å². The molecule has 0 aliphatic carbocycles. The summed E-state index contributed by atoms with van der Waals surface area (Å²) in [5, 5.41) is 0. The molecule has 0 bridgehead atoms. The lowest BCUT2D eigenvalue weighted by Crippen LogP contribution is -2.53. The lowest BCUT2D eigenvalue weighted by Gasteiger charge is -2.36. The van der Waals surface area contributed by atoms with Gasteiger partial charge in [-0.15, -0.1) is 0 Å². The summed E-state index contributed by atoms with van der Waals surface area (Å²) in [4.78, 5) is 14.2. The number of unbranched alkanes of at least 4 members (excludes halogenated alkanes) is 15. The van der Waals surface area contributed by atoms with Crippen LogP contribution in [0.1, 0.15) is 122 Å². The van der Waals surface area contributed by atoms with Gasteiger partial charge in [0.1, 0.15) is 5.88 Å². The highest BCUT2D eigenvalue weighted by Crippen LogP contribution is 2.27. The molecular formula is C26H51N2OS+. The second kappa shape index (κ2) is 16.4. The molecule has 30 heavy (non-hydrogen) atoms. The van der Waals surface area contributed by atoms with Crippen LogP contribution in [-0.4, -0.2) is 53.2 Å². The molecule has 3 nitrogen and oxygen atoms in total. The van der Waals surface area contributed by atoms with Crippen LogP contribution in [-0.2, 0) is 4.79 Å². The van der Waals surface area contributed by atoms with Gasteiger partial charge >= 0.3 is 0 Å². The molecule has 0 aromatic carbocycles. The monoisotopic (exact) mass is 439 g/mol. The summed E-state index contributed by atoms with van der Waals surface area (Å²) >= 11 is 2.09. The van der Waals surface area contributed by atoms with Gasteiger partial charge in [0, 0.05) is 18.7 Å². The number of amides is 1. The maximum absolute atomic E-state index is 12.0. The Bertz CT molecular complexity index is 437. The van der Waals surface area contributed by atoms with Crippen molar-refractivity contribution in [3.05, 3.63) is 0 Å². The predicted octanol–water partition coefficient (Wildman–Crippen LogP) is 7.35. The van der Waals surface area contributed by atoms with Gasteiger partial charge in [0.2, 0.25) is 5.91 Å². The van der Waals surface area contributed by atoms with Crippen molar-refractivity contribution < 1.29 is 9.28 Å². The number of likely N-dealkylation sites (tertiary alicyclic amines) is 1. The van der Waals surface area contributed by atoms with Crippen LogP contribution in [0, 0.1) is 0 Å². The van der Waals surface area contributed by atoms with E-state index in [1.807, 2.05) is 0 Å². The average molecular weight is 440 g/mol. The van der Waals surface area contributed by atoms with Crippen LogP contribution in [0.15, 0.2) is 0 Å². The molecule has 0 spiro atoms. The molecule has 0 aromatic rings. The van der Waals surface area contributed by atoms with Gasteiger partial charge in [-0.1, -0.05) is 109 Å². The summed E-state index contributed by atoms with van der Waals surface area (Å²) in [5.41, 5.74) is 0. The zero-order valence-electron chi connectivity index (χ0n) is 20.2. The number of thioether (sulfide) groups is 1. The largest absolute Gasteiger partial charge is 0.297 e. The molecule has 0 radical (unpaired) electrons. The number of hydrogen-bond donors (Lipinski definition) is 0. The second-order valence-electron chi connectivity index (χ2n) is 10.0. The lowest BCUT2D eigenvalue weighted by atomic mass is 10.0. The van der Waals surface area contributed by atoms with Crippen LogP contribution in [0.3, 0.4) is 0 Å². The third-order valence-electron chi connectivity index (χ3n) is 7.20. The van der Waals surface area contributed by atoms with Crippen molar-refractivity contribution in [3.8, 4) is 0 Å². The van der Waals surface area contributed by atoms with Gasteiger partial charge in [0.05, 0.1) is 13.1 Å². The van der Waals surface area contributed by atoms with E-state index in [9.17, 15) is 4.79 Å². The minimum atomic E-state index is 0.399.